The maximum Gasteiger partial charge on any atom is 0.149 e. The zero-order chi connectivity index (χ0) is 17.8. The van der Waals surface area contributed by atoms with Gasteiger partial charge in [-0.3, -0.25) is 9.80 Å². The number of thioether (sulfide) groups is 1. The summed E-state index contributed by atoms with van der Waals surface area (Å²) < 4.78 is 15.1. The SMILES string of the molecule is CSc1ncc(CN2CCC(N(C)Cc3c(F)cccc3Cl)CC2)s1. The minimum Gasteiger partial charge on any atom is -0.299 e. The summed E-state index contributed by atoms with van der Waals surface area (Å²) in [5.74, 6) is -0.216. The van der Waals surface area contributed by atoms with Crippen molar-refractivity contribution in [2.24, 2.45) is 0 Å². The van der Waals surface area contributed by atoms with E-state index in [2.05, 4.69) is 28.1 Å². The summed E-state index contributed by atoms with van der Waals surface area (Å²) in [6.07, 6.45) is 6.24. The molecule has 2 aromatic rings. The first-order valence-corrected chi connectivity index (χ1v) is 10.8. The average Bonchev–Trinajstić information content (AvgIpc) is 3.06. The first-order chi connectivity index (χ1) is 12.1. The number of piperidine rings is 1. The quantitative estimate of drug-likeness (QED) is 0.652. The molecule has 0 N–H and O–H groups in total. The third-order valence-electron chi connectivity index (χ3n) is 4.74. The minimum atomic E-state index is -0.216. The second kappa shape index (κ2) is 8.82. The van der Waals surface area contributed by atoms with E-state index >= 15 is 0 Å². The molecule has 2 heterocycles. The molecule has 1 saturated heterocycles. The topological polar surface area (TPSA) is 19.4 Å². The molecule has 3 rings (SSSR count). The number of aromatic nitrogens is 1. The Labute approximate surface area is 162 Å². The first kappa shape index (κ1) is 19.1. The molecule has 0 spiro atoms. The van der Waals surface area contributed by atoms with E-state index in [0.29, 0.717) is 23.2 Å². The Morgan fingerprint density at radius 3 is 2.80 bits per heavy atom. The molecule has 0 unspecified atom stereocenters. The van der Waals surface area contributed by atoms with E-state index in [-0.39, 0.29) is 5.82 Å². The van der Waals surface area contributed by atoms with E-state index in [1.54, 1.807) is 35.2 Å². The van der Waals surface area contributed by atoms with Crippen molar-refractivity contribution in [1.29, 1.82) is 0 Å². The molecule has 0 atom stereocenters. The van der Waals surface area contributed by atoms with Crippen LogP contribution in [-0.4, -0.2) is 47.2 Å². The smallest absolute Gasteiger partial charge is 0.149 e. The van der Waals surface area contributed by atoms with Crippen LogP contribution in [0.2, 0.25) is 5.02 Å². The van der Waals surface area contributed by atoms with E-state index in [4.69, 9.17) is 11.6 Å². The minimum absolute atomic E-state index is 0.216. The highest BCUT2D eigenvalue weighted by Crippen LogP contribution is 2.26. The fourth-order valence-electron chi connectivity index (χ4n) is 3.26. The van der Waals surface area contributed by atoms with Crippen LogP contribution in [0.25, 0.3) is 0 Å². The third kappa shape index (κ3) is 4.95. The highest BCUT2D eigenvalue weighted by atomic mass is 35.5. The predicted octanol–water partition coefficient (Wildman–Crippen LogP) is 4.75. The van der Waals surface area contributed by atoms with Crippen molar-refractivity contribution in [3.8, 4) is 0 Å². The second-order valence-electron chi connectivity index (χ2n) is 6.42. The van der Waals surface area contributed by atoms with Gasteiger partial charge in [0.25, 0.3) is 0 Å². The summed E-state index contributed by atoms with van der Waals surface area (Å²) in [6.45, 7) is 3.66. The Morgan fingerprint density at radius 2 is 2.16 bits per heavy atom. The molecule has 0 amide bonds. The van der Waals surface area contributed by atoms with Gasteiger partial charge in [0.1, 0.15) is 10.2 Å². The number of hydrogen-bond donors (Lipinski definition) is 0. The largest absolute Gasteiger partial charge is 0.299 e. The molecule has 1 aliphatic rings. The highest BCUT2D eigenvalue weighted by molar-refractivity contribution is 8.00. The van der Waals surface area contributed by atoms with E-state index in [1.165, 1.54) is 10.9 Å². The molecule has 0 radical (unpaired) electrons. The second-order valence-corrected chi connectivity index (χ2v) is 9.00. The van der Waals surface area contributed by atoms with Gasteiger partial charge in [-0.2, -0.15) is 0 Å². The van der Waals surface area contributed by atoms with Crippen molar-refractivity contribution in [3.63, 3.8) is 0 Å². The first-order valence-electron chi connectivity index (χ1n) is 8.41. The normalized spacial score (nSPS) is 16.7. The van der Waals surface area contributed by atoms with Crippen molar-refractivity contribution in [2.75, 3.05) is 26.4 Å². The van der Waals surface area contributed by atoms with Crippen molar-refractivity contribution in [3.05, 3.63) is 45.7 Å². The molecular formula is C18H23ClFN3S2. The average molecular weight is 400 g/mol. The van der Waals surface area contributed by atoms with Crippen LogP contribution in [0.15, 0.2) is 28.7 Å². The molecule has 136 valence electrons. The van der Waals surface area contributed by atoms with Crippen LogP contribution in [0.5, 0.6) is 0 Å². The Hall–Kier alpha value is -0.660. The molecular weight excluding hydrogens is 377 g/mol. The molecule has 25 heavy (non-hydrogen) atoms. The van der Waals surface area contributed by atoms with Gasteiger partial charge in [-0.1, -0.05) is 29.4 Å². The fraction of sp³-hybridized carbons (Fsp3) is 0.500. The highest BCUT2D eigenvalue weighted by Gasteiger charge is 2.24. The molecule has 7 heteroatoms. The Balaban J connectivity index is 1.51. The summed E-state index contributed by atoms with van der Waals surface area (Å²) in [5.41, 5.74) is 0.600. The van der Waals surface area contributed by atoms with Crippen molar-refractivity contribution in [2.45, 2.75) is 36.3 Å². The van der Waals surface area contributed by atoms with Gasteiger partial charge in [0.15, 0.2) is 0 Å². The van der Waals surface area contributed by atoms with Gasteiger partial charge in [-0.05, 0) is 38.3 Å². The fourth-order valence-corrected chi connectivity index (χ4v) is 4.98. The molecule has 1 aromatic heterocycles. The summed E-state index contributed by atoms with van der Waals surface area (Å²) in [6, 6.07) is 5.36. The lowest BCUT2D eigenvalue weighted by Gasteiger charge is -2.36. The maximum atomic E-state index is 14.0. The van der Waals surface area contributed by atoms with Gasteiger partial charge in [-0.25, -0.2) is 9.37 Å². The van der Waals surface area contributed by atoms with E-state index < -0.39 is 0 Å². The maximum absolute atomic E-state index is 14.0. The lowest BCUT2D eigenvalue weighted by atomic mass is 10.0. The van der Waals surface area contributed by atoms with Gasteiger partial charge in [-0.15, -0.1) is 11.3 Å². The van der Waals surface area contributed by atoms with E-state index in [1.807, 2.05) is 6.20 Å². The molecule has 1 aromatic carbocycles. The van der Waals surface area contributed by atoms with E-state index in [9.17, 15) is 4.39 Å². The zero-order valence-corrected chi connectivity index (χ0v) is 16.9. The number of thiazole rings is 1. The van der Waals surface area contributed by atoms with E-state index in [0.717, 1.165) is 36.8 Å². The molecule has 1 fully saturated rings. The third-order valence-corrected chi connectivity index (χ3v) is 7.07. The van der Waals surface area contributed by atoms with Gasteiger partial charge in [0, 0.05) is 53.9 Å². The molecule has 0 aliphatic carbocycles. The number of nitrogens with zero attached hydrogens (tertiary/aromatic N) is 3. The molecule has 3 nitrogen and oxygen atoms in total. The number of halogens is 2. The van der Waals surface area contributed by atoms with Gasteiger partial charge in [0.05, 0.1) is 0 Å². The Bertz CT molecular complexity index is 681. The monoisotopic (exact) mass is 399 g/mol. The van der Waals surface area contributed by atoms with Crippen molar-refractivity contribution in [1.82, 2.24) is 14.8 Å². The Kier molecular flexibility index (Phi) is 6.74. The lowest BCUT2D eigenvalue weighted by Crippen LogP contribution is -2.42. The number of benzene rings is 1. The van der Waals surface area contributed by atoms with Gasteiger partial charge in [0.2, 0.25) is 0 Å². The lowest BCUT2D eigenvalue weighted by molar-refractivity contribution is 0.119. The van der Waals surface area contributed by atoms with Crippen LogP contribution in [0.1, 0.15) is 23.3 Å². The van der Waals surface area contributed by atoms with Crippen LogP contribution in [-0.2, 0) is 13.1 Å². The van der Waals surface area contributed by atoms with Crippen LogP contribution in [0.3, 0.4) is 0 Å². The molecule has 1 aliphatic heterocycles. The van der Waals surface area contributed by atoms with Gasteiger partial charge >= 0.3 is 0 Å². The van der Waals surface area contributed by atoms with Gasteiger partial charge < -0.3 is 0 Å². The van der Waals surface area contributed by atoms with Crippen LogP contribution >= 0.6 is 34.7 Å². The van der Waals surface area contributed by atoms with Crippen LogP contribution < -0.4 is 0 Å². The molecule has 0 bridgehead atoms. The van der Waals surface area contributed by atoms with Crippen molar-refractivity contribution >= 4 is 34.7 Å². The summed E-state index contributed by atoms with van der Waals surface area (Å²) in [7, 11) is 2.07. The summed E-state index contributed by atoms with van der Waals surface area (Å²) in [5, 5.41) is 0.513. The number of likely N-dealkylation sites (tertiary alicyclic amines) is 1. The number of hydrogen-bond acceptors (Lipinski definition) is 5. The Morgan fingerprint density at radius 1 is 1.40 bits per heavy atom. The predicted molar refractivity (Wildman–Crippen MR) is 105 cm³/mol. The standard InChI is InChI=1S/C18H23ClFN3S2/c1-22(12-15-16(19)4-3-5-17(15)20)13-6-8-23(9-7-13)11-14-10-21-18(24-2)25-14/h3-5,10,13H,6-9,11-12H2,1-2H3. The summed E-state index contributed by atoms with van der Waals surface area (Å²) >= 11 is 9.64. The number of rotatable bonds is 6. The van der Waals surface area contributed by atoms with Crippen LogP contribution in [0, 0.1) is 5.82 Å². The van der Waals surface area contributed by atoms with Crippen molar-refractivity contribution < 1.29 is 4.39 Å². The zero-order valence-electron chi connectivity index (χ0n) is 14.5. The molecule has 0 saturated carbocycles. The van der Waals surface area contributed by atoms with Crippen LogP contribution in [0.4, 0.5) is 4.39 Å². The summed E-state index contributed by atoms with van der Waals surface area (Å²) in [4.78, 5) is 10.5.